The molecule has 19 heavy (non-hydrogen) atoms. The molecule has 0 saturated carbocycles. The zero-order valence-electron chi connectivity index (χ0n) is 10.4. The van der Waals surface area contributed by atoms with Crippen LogP contribution in [0.1, 0.15) is 6.92 Å². The van der Waals surface area contributed by atoms with Crippen molar-refractivity contribution in [2.45, 2.75) is 13.7 Å². The van der Waals surface area contributed by atoms with Crippen LogP contribution in [0.5, 0.6) is 0 Å². The molecule has 0 fully saturated rings. The third-order valence-corrected chi connectivity index (χ3v) is 2.90. The van der Waals surface area contributed by atoms with Crippen LogP contribution < -0.4 is 4.90 Å². The molecule has 2 aromatic rings. The van der Waals surface area contributed by atoms with Gasteiger partial charge in [-0.3, -0.25) is 4.90 Å². The van der Waals surface area contributed by atoms with Gasteiger partial charge in [-0.05, 0) is 24.6 Å². The smallest absolute Gasteiger partial charge is 0.150 e. The van der Waals surface area contributed by atoms with E-state index in [1.54, 1.807) is 23.3 Å². The second-order valence-electron chi connectivity index (χ2n) is 4.22. The van der Waals surface area contributed by atoms with Crippen LogP contribution >= 0.6 is 0 Å². The summed E-state index contributed by atoms with van der Waals surface area (Å²) in [4.78, 5) is 14.5. The van der Waals surface area contributed by atoms with Crippen LogP contribution in [0.25, 0.3) is 11.0 Å². The summed E-state index contributed by atoms with van der Waals surface area (Å²) < 4.78 is 1.66. The number of hydrogen-bond acceptors (Lipinski definition) is 5. The number of nitrogens with zero attached hydrogens (tertiary/aromatic N) is 5. The Morgan fingerprint density at radius 2 is 2.21 bits per heavy atom. The van der Waals surface area contributed by atoms with E-state index >= 15 is 0 Å². The van der Waals surface area contributed by atoms with Gasteiger partial charge in [-0.25, -0.2) is 15.0 Å². The van der Waals surface area contributed by atoms with Gasteiger partial charge in [0.05, 0.1) is 5.39 Å². The van der Waals surface area contributed by atoms with Gasteiger partial charge in [0.15, 0.2) is 5.82 Å². The summed E-state index contributed by atoms with van der Waals surface area (Å²) >= 11 is 0. The molecule has 1 N–H and O–H groups in total. The molecular formula is C13H13N5O. The van der Waals surface area contributed by atoms with Crippen LogP contribution in [0.15, 0.2) is 47.6 Å². The highest BCUT2D eigenvalue weighted by Gasteiger charge is 2.12. The van der Waals surface area contributed by atoms with Crippen molar-refractivity contribution in [3.8, 4) is 0 Å². The molecule has 1 aliphatic rings. The third-order valence-electron chi connectivity index (χ3n) is 2.90. The van der Waals surface area contributed by atoms with Crippen LogP contribution in [0.3, 0.4) is 0 Å². The molecule has 0 aromatic carbocycles. The minimum absolute atomic E-state index is 0.107. The van der Waals surface area contributed by atoms with Crippen LogP contribution in [-0.2, 0) is 6.73 Å². The van der Waals surface area contributed by atoms with Gasteiger partial charge in [-0.15, -0.1) is 0 Å². The largest absolute Gasteiger partial charge is 0.376 e. The summed E-state index contributed by atoms with van der Waals surface area (Å²) in [5.41, 5.74) is 1.76. The highest BCUT2D eigenvalue weighted by molar-refractivity contribution is 5.95. The lowest BCUT2D eigenvalue weighted by atomic mass is 10.3. The first-order valence-electron chi connectivity index (χ1n) is 5.87. The number of rotatable bonds is 2. The van der Waals surface area contributed by atoms with Gasteiger partial charge in [0.2, 0.25) is 0 Å². The molecule has 0 unspecified atom stereocenters. The second-order valence-corrected chi connectivity index (χ2v) is 4.22. The van der Waals surface area contributed by atoms with Gasteiger partial charge in [0.25, 0.3) is 0 Å². The van der Waals surface area contributed by atoms with E-state index in [0.717, 1.165) is 16.8 Å². The maximum atomic E-state index is 9.25. The number of aromatic nitrogens is 3. The molecule has 0 aliphatic carbocycles. The van der Waals surface area contributed by atoms with Crippen molar-refractivity contribution >= 4 is 23.2 Å². The van der Waals surface area contributed by atoms with Crippen LogP contribution in [0, 0.1) is 0 Å². The summed E-state index contributed by atoms with van der Waals surface area (Å²) in [7, 11) is 0. The molecule has 2 aromatic heterocycles. The predicted octanol–water partition coefficient (Wildman–Crippen LogP) is 1.65. The van der Waals surface area contributed by atoms with Gasteiger partial charge in [0.1, 0.15) is 25.0 Å². The summed E-state index contributed by atoms with van der Waals surface area (Å²) in [5, 5.41) is 10.1. The number of aliphatic imine (C=N–C) groups is 1. The molecule has 96 valence electrons. The van der Waals surface area contributed by atoms with Crippen molar-refractivity contribution in [2.75, 3.05) is 4.90 Å². The van der Waals surface area contributed by atoms with Crippen molar-refractivity contribution in [3.05, 3.63) is 42.6 Å². The Morgan fingerprint density at radius 3 is 3.05 bits per heavy atom. The van der Waals surface area contributed by atoms with E-state index in [1.165, 1.54) is 6.33 Å². The van der Waals surface area contributed by atoms with Crippen LogP contribution in [0.4, 0.5) is 5.82 Å². The molecule has 3 rings (SSSR count). The molecule has 1 aliphatic heterocycles. The zero-order chi connectivity index (χ0) is 13.2. The first kappa shape index (κ1) is 11.6. The molecule has 6 nitrogen and oxygen atoms in total. The Balaban J connectivity index is 2.11. The van der Waals surface area contributed by atoms with Gasteiger partial charge in [0, 0.05) is 18.6 Å². The third kappa shape index (κ3) is 2.02. The number of hydrogen-bond donors (Lipinski definition) is 1. The summed E-state index contributed by atoms with van der Waals surface area (Å²) in [6.07, 6.45) is 10.6. The molecule has 6 heteroatoms. The number of allylic oxidation sites excluding steroid dienone is 2. The highest BCUT2D eigenvalue weighted by Crippen LogP contribution is 2.24. The fourth-order valence-electron chi connectivity index (χ4n) is 1.94. The van der Waals surface area contributed by atoms with Gasteiger partial charge in [-0.1, -0.05) is 0 Å². The van der Waals surface area contributed by atoms with Crippen molar-refractivity contribution < 1.29 is 5.11 Å². The van der Waals surface area contributed by atoms with E-state index in [-0.39, 0.29) is 6.73 Å². The average molecular weight is 255 g/mol. The molecule has 3 heterocycles. The van der Waals surface area contributed by atoms with E-state index in [1.807, 2.05) is 30.2 Å². The predicted molar refractivity (Wildman–Crippen MR) is 73.6 cm³/mol. The minimum Gasteiger partial charge on any atom is -0.376 e. The average Bonchev–Trinajstić information content (AvgIpc) is 2.74. The van der Waals surface area contributed by atoms with E-state index in [0.29, 0.717) is 5.65 Å². The Bertz CT molecular complexity index is 698. The number of anilines is 1. The minimum atomic E-state index is -0.107. The Hall–Kier alpha value is -2.47. The number of aliphatic hydroxyl groups is 1. The number of fused-ring (bicyclic) bond motifs is 1. The van der Waals surface area contributed by atoms with Crippen LogP contribution in [-0.4, -0.2) is 26.0 Å². The topological polar surface area (TPSA) is 66.5 Å². The fourth-order valence-corrected chi connectivity index (χ4v) is 1.94. The van der Waals surface area contributed by atoms with Crippen molar-refractivity contribution in [2.24, 2.45) is 4.99 Å². The fraction of sp³-hybridized carbons (Fsp3) is 0.154. The molecule has 0 spiro atoms. The Labute approximate surface area is 110 Å². The molecule has 0 bridgehead atoms. The molecule has 0 atom stereocenters. The van der Waals surface area contributed by atoms with Gasteiger partial charge >= 0.3 is 0 Å². The van der Waals surface area contributed by atoms with E-state index in [9.17, 15) is 5.11 Å². The van der Waals surface area contributed by atoms with Gasteiger partial charge in [-0.2, -0.15) is 0 Å². The zero-order valence-corrected chi connectivity index (χ0v) is 10.4. The monoisotopic (exact) mass is 255 g/mol. The maximum absolute atomic E-state index is 9.25. The van der Waals surface area contributed by atoms with Crippen LogP contribution in [0.2, 0.25) is 0 Å². The molecule has 0 radical (unpaired) electrons. The van der Waals surface area contributed by atoms with E-state index < -0.39 is 0 Å². The normalized spacial score (nSPS) is 14.8. The molecule has 0 saturated heterocycles. The first-order valence-corrected chi connectivity index (χ1v) is 5.87. The van der Waals surface area contributed by atoms with E-state index in [4.69, 9.17) is 0 Å². The lowest BCUT2D eigenvalue weighted by molar-refractivity contribution is 0.215. The quantitative estimate of drug-likeness (QED) is 0.886. The Kier molecular flexibility index (Phi) is 2.85. The second kappa shape index (κ2) is 4.66. The molecular weight excluding hydrogens is 242 g/mol. The standard InChI is InChI=1S/C13H13N5O/c1-10-2-4-17(8-14-6-10)12-11-3-5-18(9-19)13(11)16-7-15-12/h2-8,19H,9H2,1H3. The van der Waals surface area contributed by atoms with E-state index in [2.05, 4.69) is 15.0 Å². The van der Waals surface area contributed by atoms with Crippen molar-refractivity contribution in [1.82, 2.24) is 14.5 Å². The Morgan fingerprint density at radius 1 is 1.32 bits per heavy atom. The SMILES string of the molecule is CC1=CN=CN(c2ncnc3c2ccn3CO)C=C1. The maximum Gasteiger partial charge on any atom is 0.150 e. The summed E-state index contributed by atoms with van der Waals surface area (Å²) in [5.74, 6) is 0.736. The van der Waals surface area contributed by atoms with Crippen molar-refractivity contribution in [1.29, 1.82) is 0 Å². The lowest BCUT2D eigenvalue weighted by Gasteiger charge is -2.13. The molecule has 0 amide bonds. The number of aliphatic hydroxyl groups excluding tert-OH is 1. The first-order chi connectivity index (χ1) is 9.29. The van der Waals surface area contributed by atoms with Gasteiger partial charge < -0.3 is 9.67 Å². The summed E-state index contributed by atoms with van der Waals surface area (Å²) in [6, 6.07) is 1.88. The lowest BCUT2D eigenvalue weighted by Crippen LogP contribution is -2.14. The summed E-state index contributed by atoms with van der Waals surface area (Å²) in [6.45, 7) is 1.87. The highest BCUT2D eigenvalue weighted by atomic mass is 16.3. The van der Waals surface area contributed by atoms with Crippen molar-refractivity contribution in [3.63, 3.8) is 0 Å².